The number of benzene rings is 1. The van der Waals surface area contributed by atoms with Crippen molar-refractivity contribution in [1.82, 2.24) is 0 Å². The number of aromatic hydroxyl groups is 2. The fraction of sp³-hybridized carbons (Fsp3) is 0.577. The molecule has 0 saturated heterocycles. The number of unbranched alkanes of at least 4 members (excludes halogenated alkanes) is 3. The molecule has 1 aliphatic rings. The summed E-state index contributed by atoms with van der Waals surface area (Å²) in [6, 6.07) is 3.08. The number of ether oxygens (including phenoxy) is 1. The fourth-order valence-corrected chi connectivity index (χ4v) is 4.39. The van der Waals surface area contributed by atoms with Crippen LogP contribution in [0, 0.1) is 16.0 Å². The number of esters is 1. The van der Waals surface area contributed by atoms with E-state index in [9.17, 15) is 25.1 Å². The Kier molecular flexibility index (Phi) is 9.53. The molecule has 8 heteroatoms. The molecular formula is C26H37NO7. The van der Waals surface area contributed by atoms with E-state index in [1.807, 2.05) is 13.8 Å². The Balaban J connectivity index is 2.04. The van der Waals surface area contributed by atoms with Gasteiger partial charge in [-0.25, -0.2) is 0 Å². The summed E-state index contributed by atoms with van der Waals surface area (Å²) in [5, 5.41) is 31.1. The van der Waals surface area contributed by atoms with Gasteiger partial charge in [0.25, 0.3) is 5.09 Å². The normalized spacial score (nSPS) is 18.2. The van der Waals surface area contributed by atoms with Crippen LogP contribution in [0.3, 0.4) is 0 Å². The summed E-state index contributed by atoms with van der Waals surface area (Å²) in [6.07, 6.45) is 6.63. The molecule has 0 bridgehead atoms. The van der Waals surface area contributed by atoms with Crippen LogP contribution in [-0.2, 0) is 19.8 Å². The molecule has 0 spiro atoms. The van der Waals surface area contributed by atoms with E-state index in [2.05, 4.69) is 17.5 Å². The Bertz CT molecular complexity index is 912. The standard InChI is InChI=1S/C26H37NO7/c1-17(2)20-11-10-18(3)14-21(20)24-22(28)15-19(16-23(24)29)26(4,5)25(30)33-12-8-6-7-9-13-34-27(31)32/h14-16,20-21,28-29H,1,6-13H2,2-5H3/t20-,21+/m0/s1. The van der Waals surface area contributed by atoms with Crippen molar-refractivity contribution < 1.29 is 29.7 Å². The lowest BCUT2D eigenvalue weighted by molar-refractivity contribution is -0.757. The highest BCUT2D eigenvalue weighted by atomic mass is 16.9. The van der Waals surface area contributed by atoms with E-state index in [-0.39, 0.29) is 36.5 Å². The van der Waals surface area contributed by atoms with Crippen molar-refractivity contribution in [3.63, 3.8) is 0 Å². The van der Waals surface area contributed by atoms with Crippen LogP contribution in [0.5, 0.6) is 11.5 Å². The lowest BCUT2D eigenvalue weighted by Crippen LogP contribution is -2.31. The maximum atomic E-state index is 12.8. The Morgan fingerprint density at radius 1 is 1.18 bits per heavy atom. The smallest absolute Gasteiger partial charge is 0.315 e. The zero-order valence-electron chi connectivity index (χ0n) is 20.6. The van der Waals surface area contributed by atoms with E-state index in [1.54, 1.807) is 26.0 Å². The van der Waals surface area contributed by atoms with Crippen LogP contribution < -0.4 is 0 Å². The molecule has 0 aliphatic heterocycles. The first-order valence-corrected chi connectivity index (χ1v) is 11.8. The van der Waals surface area contributed by atoms with Crippen molar-refractivity contribution in [2.24, 2.45) is 5.92 Å². The highest BCUT2D eigenvalue weighted by Gasteiger charge is 2.35. The molecule has 188 valence electrons. The van der Waals surface area contributed by atoms with Crippen molar-refractivity contribution in [3.8, 4) is 11.5 Å². The Morgan fingerprint density at radius 2 is 1.76 bits per heavy atom. The first kappa shape index (κ1) is 27.2. The summed E-state index contributed by atoms with van der Waals surface area (Å²) >= 11 is 0. The number of rotatable bonds is 12. The highest BCUT2D eigenvalue weighted by molar-refractivity contribution is 5.82. The zero-order chi connectivity index (χ0) is 25.5. The molecule has 0 unspecified atom stereocenters. The number of nitrogens with zero attached hydrogens (tertiary/aromatic N) is 1. The molecule has 0 radical (unpaired) electrons. The largest absolute Gasteiger partial charge is 0.507 e. The van der Waals surface area contributed by atoms with Gasteiger partial charge in [-0.05, 0) is 83.4 Å². The molecule has 2 rings (SSSR count). The van der Waals surface area contributed by atoms with Gasteiger partial charge in [0.1, 0.15) is 11.5 Å². The minimum atomic E-state index is -1.07. The second kappa shape index (κ2) is 11.9. The van der Waals surface area contributed by atoms with Gasteiger partial charge in [-0.2, -0.15) is 0 Å². The first-order valence-electron chi connectivity index (χ1n) is 11.8. The van der Waals surface area contributed by atoms with Crippen molar-refractivity contribution in [2.75, 3.05) is 13.2 Å². The minimum absolute atomic E-state index is 0.0463. The van der Waals surface area contributed by atoms with E-state index in [0.717, 1.165) is 31.3 Å². The summed E-state index contributed by atoms with van der Waals surface area (Å²) in [4.78, 5) is 27.1. The van der Waals surface area contributed by atoms with Crippen LogP contribution in [0.25, 0.3) is 0 Å². The third-order valence-electron chi connectivity index (χ3n) is 6.55. The predicted octanol–water partition coefficient (Wildman–Crippen LogP) is 5.70. The summed E-state index contributed by atoms with van der Waals surface area (Å²) in [6.45, 7) is 11.8. The average molecular weight is 476 g/mol. The van der Waals surface area contributed by atoms with Gasteiger partial charge in [0.05, 0.1) is 18.6 Å². The third-order valence-corrected chi connectivity index (χ3v) is 6.55. The minimum Gasteiger partial charge on any atom is -0.507 e. The molecule has 34 heavy (non-hydrogen) atoms. The topological polar surface area (TPSA) is 119 Å². The van der Waals surface area contributed by atoms with Crippen LogP contribution in [0.15, 0.2) is 35.9 Å². The summed E-state index contributed by atoms with van der Waals surface area (Å²) in [5.74, 6) is -0.601. The second-order valence-corrected chi connectivity index (χ2v) is 9.69. The SMILES string of the molecule is C=C(C)[C@@H]1CCC(C)=C[C@H]1c1c(O)cc(C(C)(C)C(=O)OCCCCCCO[N+](=O)[O-])cc1O. The Hall–Kier alpha value is -3.03. The van der Waals surface area contributed by atoms with E-state index < -0.39 is 16.5 Å². The summed E-state index contributed by atoms with van der Waals surface area (Å²) in [7, 11) is 0. The molecule has 0 saturated carbocycles. The molecule has 0 fully saturated rings. The lowest BCUT2D eigenvalue weighted by atomic mass is 9.73. The number of carbonyl (C=O) groups is 1. The van der Waals surface area contributed by atoms with Crippen molar-refractivity contribution in [2.45, 2.75) is 77.6 Å². The molecule has 0 aromatic heterocycles. The monoisotopic (exact) mass is 475 g/mol. The molecule has 2 N–H and O–H groups in total. The van der Waals surface area contributed by atoms with Crippen molar-refractivity contribution in [1.29, 1.82) is 0 Å². The van der Waals surface area contributed by atoms with Crippen molar-refractivity contribution in [3.05, 3.63) is 57.2 Å². The van der Waals surface area contributed by atoms with Crippen LogP contribution in [-0.4, -0.2) is 34.5 Å². The average Bonchev–Trinajstić information content (AvgIpc) is 2.74. The van der Waals surface area contributed by atoms with Gasteiger partial charge in [0.15, 0.2) is 0 Å². The van der Waals surface area contributed by atoms with E-state index in [0.29, 0.717) is 24.0 Å². The number of phenols is 2. The number of carbonyl (C=O) groups excluding carboxylic acids is 1. The number of hydrogen-bond acceptors (Lipinski definition) is 7. The van der Waals surface area contributed by atoms with Crippen LogP contribution >= 0.6 is 0 Å². The molecule has 2 atom stereocenters. The summed E-state index contributed by atoms with van der Waals surface area (Å²) < 4.78 is 5.43. The van der Waals surface area contributed by atoms with Crippen LogP contribution in [0.2, 0.25) is 0 Å². The second-order valence-electron chi connectivity index (χ2n) is 9.69. The molecule has 0 heterocycles. The molecule has 8 nitrogen and oxygen atoms in total. The van der Waals surface area contributed by atoms with Gasteiger partial charge in [-0.3, -0.25) is 4.79 Å². The Morgan fingerprint density at radius 3 is 2.32 bits per heavy atom. The van der Waals surface area contributed by atoms with E-state index >= 15 is 0 Å². The maximum Gasteiger partial charge on any atom is 0.315 e. The van der Waals surface area contributed by atoms with Gasteiger partial charge in [0.2, 0.25) is 0 Å². The highest BCUT2D eigenvalue weighted by Crippen LogP contribution is 2.47. The fourth-order valence-electron chi connectivity index (χ4n) is 4.39. The lowest BCUT2D eigenvalue weighted by Gasteiger charge is -2.32. The maximum absolute atomic E-state index is 12.8. The van der Waals surface area contributed by atoms with Crippen LogP contribution in [0.4, 0.5) is 0 Å². The van der Waals surface area contributed by atoms with Gasteiger partial charge in [-0.15, -0.1) is 10.1 Å². The third kappa shape index (κ3) is 6.98. The molecule has 1 aromatic carbocycles. The quantitative estimate of drug-likeness (QED) is 0.131. The van der Waals surface area contributed by atoms with Crippen molar-refractivity contribution >= 4 is 5.97 Å². The number of hydrogen-bond donors (Lipinski definition) is 2. The molecular weight excluding hydrogens is 438 g/mol. The molecule has 1 aromatic rings. The Labute approximate surface area is 201 Å². The number of allylic oxidation sites excluding steroid dienone is 3. The predicted molar refractivity (Wildman–Crippen MR) is 129 cm³/mol. The first-order chi connectivity index (χ1) is 15.9. The van der Waals surface area contributed by atoms with E-state index in [4.69, 9.17) is 4.74 Å². The zero-order valence-corrected chi connectivity index (χ0v) is 20.6. The molecule has 1 aliphatic carbocycles. The molecule has 0 amide bonds. The van der Waals surface area contributed by atoms with E-state index in [1.165, 1.54) is 5.57 Å². The van der Waals surface area contributed by atoms with Gasteiger partial charge in [0, 0.05) is 11.5 Å². The number of phenolic OH excluding ortho intramolecular Hbond substituents is 2. The van der Waals surface area contributed by atoms with Gasteiger partial charge < -0.3 is 19.8 Å². The van der Waals surface area contributed by atoms with Crippen LogP contribution in [0.1, 0.15) is 83.3 Å². The van der Waals surface area contributed by atoms with Gasteiger partial charge >= 0.3 is 5.97 Å². The van der Waals surface area contributed by atoms with Gasteiger partial charge in [-0.1, -0.05) is 30.2 Å². The summed E-state index contributed by atoms with van der Waals surface area (Å²) in [5.41, 5.74) is 2.07.